The van der Waals surface area contributed by atoms with Gasteiger partial charge in [0.25, 0.3) is 5.91 Å². The molecule has 2 unspecified atom stereocenters. The molecule has 0 radical (unpaired) electrons. The van der Waals surface area contributed by atoms with Crippen LogP contribution in [0.25, 0.3) is 22.5 Å². The predicted octanol–water partition coefficient (Wildman–Crippen LogP) is 6.59. The van der Waals surface area contributed by atoms with Crippen molar-refractivity contribution in [2.24, 2.45) is 5.41 Å². The van der Waals surface area contributed by atoms with Gasteiger partial charge >= 0.3 is 5.97 Å². The molecule has 0 aliphatic heterocycles. The summed E-state index contributed by atoms with van der Waals surface area (Å²) in [6.45, 7) is 1.92. The van der Waals surface area contributed by atoms with Gasteiger partial charge in [0.1, 0.15) is 5.82 Å². The number of carboxylic acid groups (broad SMARTS) is 1. The molecule has 6 heteroatoms. The minimum Gasteiger partial charge on any atom is -0.480 e. The molecule has 2 atom stereocenters. The highest BCUT2D eigenvalue weighted by Gasteiger charge is 2.55. The number of halogens is 1. The van der Waals surface area contributed by atoms with Gasteiger partial charge in [0.05, 0.1) is 11.4 Å². The SMILES string of the molecule is CC1=CCC(C(=O)O)(C(=O)n2nc(-c3ccccc3)cc2-c2ccccc2)C(c2ccc(F)cc2)C1. The van der Waals surface area contributed by atoms with Crippen molar-refractivity contribution in [1.82, 2.24) is 9.78 Å². The molecule has 180 valence electrons. The summed E-state index contributed by atoms with van der Waals surface area (Å²) in [6, 6.07) is 26.3. The fourth-order valence-corrected chi connectivity index (χ4v) is 5.01. The van der Waals surface area contributed by atoms with E-state index in [9.17, 15) is 19.1 Å². The highest BCUT2D eigenvalue weighted by Crippen LogP contribution is 2.49. The van der Waals surface area contributed by atoms with E-state index >= 15 is 0 Å². The van der Waals surface area contributed by atoms with Crippen LogP contribution in [0, 0.1) is 11.2 Å². The number of carbonyl (C=O) groups excluding carboxylic acids is 1. The van der Waals surface area contributed by atoms with E-state index in [2.05, 4.69) is 5.10 Å². The second kappa shape index (κ2) is 9.38. The van der Waals surface area contributed by atoms with Crippen molar-refractivity contribution < 1.29 is 19.1 Å². The molecule has 0 fully saturated rings. The Balaban J connectivity index is 1.71. The summed E-state index contributed by atoms with van der Waals surface area (Å²) in [5.74, 6) is -2.93. The maximum atomic E-state index is 14.4. The van der Waals surface area contributed by atoms with E-state index in [1.165, 1.54) is 16.8 Å². The van der Waals surface area contributed by atoms with E-state index in [-0.39, 0.29) is 6.42 Å². The van der Waals surface area contributed by atoms with Gasteiger partial charge in [-0.3, -0.25) is 9.59 Å². The van der Waals surface area contributed by atoms with Gasteiger partial charge in [-0.25, -0.2) is 4.39 Å². The van der Waals surface area contributed by atoms with Gasteiger partial charge < -0.3 is 5.11 Å². The molecule has 0 spiro atoms. The number of aliphatic carboxylic acids is 1. The minimum absolute atomic E-state index is 0.0177. The average Bonchev–Trinajstić information content (AvgIpc) is 3.35. The number of hydrogen-bond donors (Lipinski definition) is 1. The number of carbonyl (C=O) groups is 2. The van der Waals surface area contributed by atoms with Crippen LogP contribution >= 0.6 is 0 Å². The monoisotopic (exact) mass is 480 g/mol. The van der Waals surface area contributed by atoms with Crippen molar-refractivity contribution in [1.29, 1.82) is 0 Å². The molecule has 36 heavy (non-hydrogen) atoms. The Bertz CT molecular complexity index is 1440. The highest BCUT2D eigenvalue weighted by atomic mass is 19.1. The third kappa shape index (κ3) is 4.05. The lowest BCUT2D eigenvalue weighted by Gasteiger charge is -2.38. The number of nitrogens with zero attached hydrogens (tertiary/aromatic N) is 2. The summed E-state index contributed by atoms with van der Waals surface area (Å²) in [6.07, 6.45) is 2.21. The summed E-state index contributed by atoms with van der Waals surface area (Å²) in [7, 11) is 0. The smallest absolute Gasteiger partial charge is 0.320 e. The zero-order valence-corrected chi connectivity index (χ0v) is 19.8. The third-order valence-electron chi connectivity index (χ3n) is 6.97. The first kappa shape index (κ1) is 23.4. The standard InChI is InChI=1S/C30H25FN2O3/c1-20-16-17-30(29(35)36,25(18-20)21-12-14-24(31)15-13-21)28(34)33-27(23-10-6-3-7-11-23)19-26(32-33)22-8-4-2-5-9-22/h2-16,19,25H,17-18H2,1H3,(H,35,36). The van der Waals surface area contributed by atoms with Crippen LogP contribution in [0.2, 0.25) is 0 Å². The molecule has 1 aliphatic rings. The Morgan fingerprint density at radius 2 is 1.56 bits per heavy atom. The summed E-state index contributed by atoms with van der Waals surface area (Å²) >= 11 is 0. The van der Waals surface area contributed by atoms with Gasteiger partial charge in [-0.2, -0.15) is 9.78 Å². The van der Waals surface area contributed by atoms with Crippen LogP contribution in [-0.4, -0.2) is 26.8 Å². The van der Waals surface area contributed by atoms with Gasteiger partial charge in [0, 0.05) is 17.0 Å². The number of allylic oxidation sites excluding steroid dienone is 2. The molecule has 0 saturated heterocycles. The molecule has 4 aromatic rings. The van der Waals surface area contributed by atoms with E-state index in [1.807, 2.05) is 79.7 Å². The molecular weight excluding hydrogens is 455 g/mol. The van der Waals surface area contributed by atoms with E-state index in [0.29, 0.717) is 23.4 Å². The quantitative estimate of drug-likeness (QED) is 0.258. The Morgan fingerprint density at radius 3 is 2.17 bits per heavy atom. The molecule has 0 amide bonds. The fraction of sp³-hybridized carbons (Fsp3) is 0.167. The molecular formula is C30H25FN2O3. The third-order valence-corrected chi connectivity index (χ3v) is 6.97. The Morgan fingerprint density at radius 1 is 0.944 bits per heavy atom. The van der Waals surface area contributed by atoms with Crippen molar-refractivity contribution >= 4 is 11.9 Å². The number of rotatable bonds is 5. The first-order valence-corrected chi connectivity index (χ1v) is 11.8. The molecule has 3 aromatic carbocycles. The summed E-state index contributed by atoms with van der Waals surface area (Å²) < 4.78 is 14.9. The van der Waals surface area contributed by atoms with Crippen LogP contribution in [0.1, 0.15) is 36.0 Å². The number of aromatic nitrogens is 2. The lowest BCUT2D eigenvalue weighted by molar-refractivity contribution is -0.147. The lowest BCUT2D eigenvalue weighted by Crippen LogP contribution is -2.48. The van der Waals surface area contributed by atoms with E-state index in [1.54, 1.807) is 12.1 Å². The Labute approximate surface area is 208 Å². The van der Waals surface area contributed by atoms with Crippen molar-refractivity contribution in [2.45, 2.75) is 25.7 Å². The fourth-order valence-electron chi connectivity index (χ4n) is 5.01. The maximum Gasteiger partial charge on any atom is 0.320 e. The average molecular weight is 481 g/mol. The highest BCUT2D eigenvalue weighted by molar-refractivity contribution is 6.06. The topological polar surface area (TPSA) is 72.2 Å². The molecule has 1 heterocycles. The predicted molar refractivity (Wildman–Crippen MR) is 136 cm³/mol. The van der Waals surface area contributed by atoms with Gasteiger partial charge in [0.15, 0.2) is 5.41 Å². The van der Waals surface area contributed by atoms with Crippen LogP contribution in [-0.2, 0) is 4.79 Å². The van der Waals surface area contributed by atoms with Gasteiger partial charge in [-0.05, 0) is 43.5 Å². The van der Waals surface area contributed by atoms with Crippen molar-refractivity contribution in [3.8, 4) is 22.5 Å². The molecule has 0 bridgehead atoms. The summed E-state index contributed by atoms with van der Waals surface area (Å²) in [5.41, 5.74) is 2.45. The molecule has 0 saturated carbocycles. The summed E-state index contributed by atoms with van der Waals surface area (Å²) in [5, 5.41) is 15.3. The van der Waals surface area contributed by atoms with Crippen LogP contribution in [0.5, 0.6) is 0 Å². The van der Waals surface area contributed by atoms with E-state index in [0.717, 1.165) is 16.7 Å². The zero-order valence-electron chi connectivity index (χ0n) is 19.8. The van der Waals surface area contributed by atoms with E-state index < -0.39 is 29.0 Å². The van der Waals surface area contributed by atoms with Crippen LogP contribution in [0.15, 0.2) is 103 Å². The van der Waals surface area contributed by atoms with Crippen LogP contribution in [0.3, 0.4) is 0 Å². The molecule has 1 aliphatic carbocycles. The Hall–Kier alpha value is -4.32. The molecule has 1 aromatic heterocycles. The van der Waals surface area contributed by atoms with Crippen molar-refractivity contribution in [3.05, 3.63) is 114 Å². The molecule has 1 N–H and O–H groups in total. The second-order valence-corrected chi connectivity index (χ2v) is 9.20. The summed E-state index contributed by atoms with van der Waals surface area (Å²) in [4.78, 5) is 27.4. The largest absolute Gasteiger partial charge is 0.480 e. The maximum absolute atomic E-state index is 14.4. The minimum atomic E-state index is -1.80. The van der Waals surface area contributed by atoms with E-state index in [4.69, 9.17) is 0 Å². The van der Waals surface area contributed by atoms with Gasteiger partial charge in [0.2, 0.25) is 0 Å². The van der Waals surface area contributed by atoms with Gasteiger partial charge in [-0.1, -0.05) is 84.4 Å². The normalized spacial score (nSPS) is 19.5. The molecule has 5 nitrogen and oxygen atoms in total. The number of carboxylic acids is 1. The Kier molecular flexibility index (Phi) is 6.10. The number of hydrogen-bond acceptors (Lipinski definition) is 3. The second-order valence-electron chi connectivity index (χ2n) is 9.20. The first-order chi connectivity index (χ1) is 17.4. The van der Waals surface area contributed by atoms with Gasteiger partial charge in [-0.15, -0.1) is 0 Å². The van der Waals surface area contributed by atoms with Crippen molar-refractivity contribution in [2.75, 3.05) is 0 Å². The van der Waals surface area contributed by atoms with Crippen molar-refractivity contribution in [3.63, 3.8) is 0 Å². The van der Waals surface area contributed by atoms with Crippen LogP contribution in [0.4, 0.5) is 4.39 Å². The molecule has 5 rings (SSSR count). The lowest BCUT2D eigenvalue weighted by atomic mass is 9.63. The van der Waals surface area contributed by atoms with Crippen LogP contribution < -0.4 is 0 Å². The number of benzene rings is 3. The zero-order chi connectivity index (χ0) is 25.3. The first-order valence-electron chi connectivity index (χ1n) is 11.8.